The molecule has 2 aromatic carbocycles. The van der Waals surface area contributed by atoms with Crippen molar-refractivity contribution in [3.8, 4) is 5.75 Å². The minimum absolute atomic E-state index is 0.324. The second-order valence-electron chi connectivity index (χ2n) is 5.80. The summed E-state index contributed by atoms with van der Waals surface area (Å²) in [6.07, 6.45) is 2.34. The molecular formula is C18H22O. The lowest BCUT2D eigenvalue weighted by molar-refractivity contribution is 0.476. The van der Waals surface area contributed by atoms with E-state index >= 15 is 0 Å². The molecule has 0 amide bonds. The largest absolute Gasteiger partial charge is 0.508 e. The Morgan fingerprint density at radius 3 is 2.26 bits per heavy atom. The van der Waals surface area contributed by atoms with E-state index in [1.54, 1.807) is 6.07 Å². The summed E-state index contributed by atoms with van der Waals surface area (Å²) in [5, 5.41) is 11.8. The van der Waals surface area contributed by atoms with Gasteiger partial charge in [-0.05, 0) is 48.2 Å². The number of aromatic hydroxyl groups is 1. The first-order valence-corrected chi connectivity index (χ1v) is 6.85. The summed E-state index contributed by atoms with van der Waals surface area (Å²) in [5.74, 6) is 1.35. The van der Waals surface area contributed by atoms with Crippen molar-refractivity contribution in [1.29, 1.82) is 0 Å². The van der Waals surface area contributed by atoms with Gasteiger partial charge >= 0.3 is 0 Å². The Morgan fingerprint density at radius 2 is 1.63 bits per heavy atom. The SMILES string of the molecule is CC(C)=CC(c1ccc2cc(O)ccc2c1)C(C)C. The van der Waals surface area contributed by atoms with E-state index in [0.717, 1.165) is 5.39 Å². The van der Waals surface area contributed by atoms with Crippen molar-refractivity contribution in [3.05, 3.63) is 53.6 Å². The molecule has 1 nitrogen and oxygen atoms in total. The van der Waals surface area contributed by atoms with Crippen LogP contribution < -0.4 is 0 Å². The fraction of sp³-hybridized carbons (Fsp3) is 0.333. The van der Waals surface area contributed by atoms with Gasteiger partial charge in [-0.15, -0.1) is 0 Å². The van der Waals surface area contributed by atoms with Gasteiger partial charge in [-0.25, -0.2) is 0 Å². The number of hydrogen-bond acceptors (Lipinski definition) is 1. The van der Waals surface area contributed by atoms with E-state index in [0.29, 0.717) is 17.6 Å². The highest BCUT2D eigenvalue weighted by molar-refractivity contribution is 5.84. The lowest BCUT2D eigenvalue weighted by atomic mass is 9.86. The second kappa shape index (κ2) is 5.48. The first-order valence-electron chi connectivity index (χ1n) is 6.85. The van der Waals surface area contributed by atoms with Crippen molar-refractivity contribution in [2.24, 2.45) is 5.92 Å². The fourth-order valence-corrected chi connectivity index (χ4v) is 2.49. The molecule has 100 valence electrons. The standard InChI is InChI=1S/C18H22O/c1-12(2)9-18(13(3)4)16-6-5-15-11-17(19)8-7-14(15)10-16/h5-11,13,18-19H,1-4H3. The molecule has 19 heavy (non-hydrogen) atoms. The molecule has 2 aromatic rings. The Morgan fingerprint density at radius 1 is 1.00 bits per heavy atom. The van der Waals surface area contributed by atoms with E-state index in [-0.39, 0.29) is 0 Å². The van der Waals surface area contributed by atoms with Crippen molar-refractivity contribution in [3.63, 3.8) is 0 Å². The third-order valence-electron chi connectivity index (χ3n) is 3.46. The molecule has 0 aliphatic heterocycles. The van der Waals surface area contributed by atoms with Gasteiger partial charge in [0.2, 0.25) is 0 Å². The average molecular weight is 254 g/mol. The van der Waals surface area contributed by atoms with Crippen LogP contribution in [0.2, 0.25) is 0 Å². The molecule has 1 atom stereocenters. The zero-order valence-electron chi connectivity index (χ0n) is 12.1. The Balaban J connectivity index is 2.49. The predicted molar refractivity (Wildman–Crippen MR) is 82.6 cm³/mol. The van der Waals surface area contributed by atoms with Crippen molar-refractivity contribution in [1.82, 2.24) is 0 Å². The lowest BCUT2D eigenvalue weighted by Gasteiger charge is -2.19. The van der Waals surface area contributed by atoms with Crippen LogP contribution in [0.15, 0.2) is 48.0 Å². The summed E-state index contributed by atoms with van der Waals surface area (Å²) in [7, 11) is 0. The monoisotopic (exact) mass is 254 g/mol. The van der Waals surface area contributed by atoms with E-state index in [1.165, 1.54) is 16.5 Å². The summed E-state index contributed by atoms with van der Waals surface area (Å²) >= 11 is 0. The molecule has 0 saturated heterocycles. The molecule has 0 spiro atoms. The van der Waals surface area contributed by atoms with Crippen molar-refractivity contribution in [2.45, 2.75) is 33.6 Å². The maximum absolute atomic E-state index is 9.51. The van der Waals surface area contributed by atoms with Gasteiger partial charge < -0.3 is 5.11 Å². The maximum Gasteiger partial charge on any atom is 0.116 e. The summed E-state index contributed by atoms with van der Waals surface area (Å²) in [6.45, 7) is 8.80. The third kappa shape index (κ3) is 3.17. The molecule has 1 unspecified atom stereocenters. The van der Waals surface area contributed by atoms with E-state index in [2.05, 4.69) is 52.0 Å². The van der Waals surface area contributed by atoms with Gasteiger partial charge in [0.15, 0.2) is 0 Å². The average Bonchev–Trinajstić information content (AvgIpc) is 2.35. The van der Waals surface area contributed by atoms with Gasteiger partial charge in [-0.1, -0.05) is 49.8 Å². The Bertz CT molecular complexity index is 604. The molecule has 0 bridgehead atoms. The topological polar surface area (TPSA) is 20.2 Å². The maximum atomic E-state index is 9.51. The van der Waals surface area contributed by atoms with Gasteiger partial charge in [0.05, 0.1) is 0 Å². The van der Waals surface area contributed by atoms with Gasteiger partial charge in [-0.2, -0.15) is 0 Å². The number of phenolic OH excluding ortho intramolecular Hbond substituents is 1. The molecule has 0 aliphatic rings. The van der Waals surface area contributed by atoms with Crippen LogP contribution in [-0.4, -0.2) is 5.11 Å². The van der Waals surface area contributed by atoms with Gasteiger partial charge in [-0.3, -0.25) is 0 Å². The van der Waals surface area contributed by atoms with Gasteiger partial charge in [0.1, 0.15) is 5.75 Å². The molecule has 2 rings (SSSR count). The highest BCUT2D eigenvalue weighted by Crippen LogP contribution is 2.30. The van der Waals surface area contributed by atoms with Crippen LogP contribution in [0.25, 0.3) is 10.8 Å². The van der Waals surface area contributed by atoms with Crippen molar-refractivity contribution >= 4 is 10.8 Å². The van der Waals surface area contributed by atoms with E-state index < -0.39 is 0 Å². The minimum atomic E-state index is 0.324. The molecule has 0 aromatic heterocycles. The normalized spacial score (nSPS) is 12.7. The molecule has 0 aliphatic carbocycles. The van der Waals surface area contributed by atoms with Crippen LogP contribution in [-0.2, 0) is 0 Å². The van der Waals surface area contributed by atoms with E-state index in [9.17, 15) is 5.11 Å². The molecular weight excluding hydrogens is 232 g/mol. The summed E-state index contributed by atoms with van der Waals surface area (Å²) in [6, 6.07) is 12.0. The highest BCUT2D eigenvalue weighted by atomic mass is 16.3. The third-order valence-corrected chi connectivity index (χ3v) is 3.46. The number of fused-ring (bicyclic) bond motifs is 1. The molecule has 0 heterocycles. The van der Waals surface area contributed by atoms with Gasteiger partial charge in [0.25, 0.3) is 0 Å². The summed E-state index contributed by atoms with van der Waals surface area (Å²) in [4.78, 5) is 0. The van der Waals surface area contributed by atoms with Crippen LogP contribution in [0, 0.1) is 5.92 Å². The fourth-order valence-electron chi connectivity index (χ4n) is 2.49. The Kier molecular flexibility index (Phi) is 3.94. The van der Waals surface area contributed by atoms with Crippen molar-refractivity contribution in [2.75, 3.05) is 0 Å². The summed E-state index contributed by atoms with van der Waals surface area (Å²) < 4.78 is 0. The quantitative estimate of drug-likeness (QED) is 0.741. The summed E-state index contributed by atoms with van der Waals surface area (Å²) in [5.41, 5.74) is 2.69. The van der Waals surface area contributed by atoms with Crippen LogP contribution >= 0.6 is 0 Å². The van der Waals surface area contributed by atoms with E-state index in [1.807, 2.05) is 12.1 Å². The number of benzene rings is 2. The zero-order chi connectivity index (χ0) is 14.0. The first-order chi connectivity index (χ1) is 8.97. The molecule has 0 radical (unpaired) electrons. The minimum Gasteiger partial charge on any atom is -0.508 e. The Labute approximate surface area is 115 Å². The smallest absolute Gasteiger partial charge is 0.116 e. The zero-order valence-corrected chi connectivity index (χ0v) is 12.1. The Hall–Kier alpha value is -1.76. The first kappa shape index (κ1) is 13.7. The molecule has 0 fully saturated rings. The number of hydrogen-bond donors (Lipinski definition) is 1. The van der Waals surface area contributed by atoms with Crippen LogP contribution in [0.1, 0.15) is 39.2 Å². The number of allylic oxidation sites excluding steroid dienone is 2. The van der Waals surface area contributed by atoms with Crippen molar-refractivity contribution < 1.29 is 5.11 Å². The number of rotatable bonds is 3. The molecule has 0 saturated carbocycles. The predicted octanol–water partition coefficient (Wildman–Crippen LogP) is 5.25. The number of phenols is 1. The lowest BCUT2D eigenvalue weighted by Crippen LogP contribution is -2.04. The molecule has 1 heteroatoms. The van der Waals surface area contributed by atoms with Gasteiger partial charge in [0, 0.05) is 5.92 Å². The van der Waals surface area contributed by atoms with Crippen LogP contribution in [0.5, 0.6) is 5.75 Å². The van der Waals surface area contributed by atoms with Crippen LogP contribution in [0.4, 0.5) is 0 Å². The highest BCUT2D eigenvalue weighted by Gasteiger charge is 2.13. The van der Waals surface area contributed by atoms with E-state index in [4.69, 9.17) is 0 Å². The second-order valence-corrected chi connectivity index (χ2v) is 5.80. The molecule has 1 N–H and O–H groups in total. The van der Waals surface area contributed by atoms with Crippen LogP contribution in [0.3, 0.4) is 0 Å².